The summed E-state index contributed by atoms with van der Waals surface area (Å²) in [7, 11) is 0. The minimum atomic E-state index is -0.508. The van der Waals surface area contributed by atoms with Crippen molar-refractivity contribution in [3.63, 3.8) is 0 Å². The van der Waals surface area contributed by atoms with Gasteiger partial charge in [-0.15, -0.1) is 0 Å². The zero-order chi connectivity index (χ0) is 21.1. The molecule has 0 radical (unpaired) electrons. The zero-order valence-electron chi connectivity index (χ0n) is 18.4. The normalized spacial score (nSPS) is 15.6. The Kier molecular flexibility index (Phi) is 6.40. The Morgan fingerprint density at radius 1 is 1.00 bits per heavy atom. The van der Waals surface area contributed by atoms with Gasteiger partial charge in [0.05, 0.1) is 0 Å². The largest absolute Gasteiger partial charge is 0.481 e. The SMILES string of the molecule is Cc1cc(N2CCN(C(=O)C(C)Oc3cc(C(C)C)ccc3C)CC2)nc(C)n1. The Hall–Kier alpha value is -2.63. The van der Waals surface area contributed by atoms with Crippen LogP contribution in [0.1, 0.15) is 49.3 Å². The second-order valence-electron chi connectivity index (χ2n) is 8.17. The number of aryl methyl sites for hydroxylation is 3. The Bertz CT molecular complexity index is 853. The highest BCUT2D eigenvalue weighted by Gasteiger charge is 2.27. The molecule has 1 atom stereocenters. The Morgan fingerprint density at radius 2 is 1.69 bits per heavy atom. The van der Waals surface area contributed by atoms with E-state index in [9.17, 15) is 4.79 Å². The molecule has 1 aliphatic heterocycles. The second-order valence-corrected chi connectivity index (χ2v) is 8.17. The number of piperazine rings is 1. The average Bonchev–Trinajstić information content (AvgIpc) is 2.68. The number of hydrogen-bond donors (Lipinski definition) is 0. The van der Waals surface area contributed by atoms with Crippen LogP contribution in [0.4, 0.5) is 5.82 Å². The second kappa shape index (κ2) is 8.80. The standard InChI is InChI=1S/C23H32N4O2/c1-15(2)20-8-7-16(3)21(14-20)29-18(5)23(28)27-11-9-26(10-12-27)22-13-17(4)24-19(6)25-22/h7-8,13-15,18H,9-12H2,1-6H3. The Labute approximate surface area is 173 Å². The minimum Gasteiger partial charge on any atom is -0.481 e. The highest BCUT2D eigenvalue weighted by Crippen LogP contribution is 2.25. The number of hydrogen-bond acceptors (Lipinski definition) is 5. The molecule has 0 spiro atoms. The topological polar surface area (TPSA) is 58.6 Å². The molecule has 0 aliphatic carbocycles. The van der Waals surface area contributed by atoms with E-state index in [1.54, 1.807) is 0 Å². The first-order valence-electron chi connectivity index (χ1n) is 10.4. The summed E-state index contributed by atoms with van der Waals surface area (Å²) in [6.45, 7) is 14.9. The molecule has 1 aliphatic rings. The molecule has 6 nitrogen and oxygen atoms in total. The summed E-state index contributed by atoms with van der Waals surface area (Å²) in [6.07, 6.45) is -0.508. The molecule has 1 fully saturated rings. The molecule has 156 valence electrons. The fraction of sp³-hybridized carbons (Fsp3) is 0.522. The van der Waals surface area contributed by atoms with Crippen molar-refractivity contribution >= 4 is 11.7 Å². The van der Waals surface area contributed by atoms with Gasteiger partial charge in [0.1, 0.15) is 17.4 Å². The van der Waals surface area contributed by atoms with Crippen molar-refractivity contribution in [3.05, 3.63) is 46.9 Å². The van der Waals surface area contributed by atoms with Crippen LogP contribution in [-0.2, 0) is 4.79 Å². The van der Waals surface area contributed by atoms with E-state index >= 15 is 0 Å². The van der Waals surface area contributed by atoms with Crippen LogP contribution < -0.4 is 9.64 Å². The molecule has 0 saturated carbocycles. The van der Waals surface area contributed by atoms with Gasteiger partial charge in [-0.05, 0) is 50.8 Å². The van der Waals surface area contributed by atoms with Crippen LogP contribution >= 0.6 is 0 Å². The quantitative estimate of drug-likeness (QED) is 0.772. The van der Waals surface area contributed by atoms with Gasteiger partial charge in [0.15, 0.2) is 6.10 Å². The number of carbonyl (C=O) groups excluding carboxylic acids is 1. The van der Waals surface area contributed by atoms with Crippen molar-refractivity contribution in [1.82, 2.24) is 14.9 Å². The van der Waals surface area contributed by atoms with E-state index in [-0.39, 0.29) is 5.91 Å². The van der Waals surface area contributed by atoms with Crippen molar-refractivity contribution in [2.75, 3.05) is 31.1 Å². The van der Waals surface area contributed by atoms with Crippen LogP contribution in [-0.4, -0.2) is 53.1 Å². The molecule has 1 saturated heterocycles. The van der Waals surface area contributed by atoms with E-state index in [4.69, 9.17) is 4.74 Å². The lowest BCUT2D eigenvalue weighted by atomic mass is 10.0. The molecule has 1 aromatic carbocycles. The van der Waals surface area contributed by atoms with E-state index in [0.717, 1.165) is 41.7 Å². The Balaban J connectivity index is 1.61. The third-order valence-electron chi connectivity index (χ3n) is 5.40. The third-order valence-corrected chi connectivity index (χ3v) is 5.40. The number of ether oxygens (including phenoxy) is 1. The maximum absolute atomic E-state index is 12.9. The zero-order valence-corrected chi connectivity index (χ0v) is 18.4. The predicted molar refractivity (Wildman–Crippen MR) is 116 cm³/mol. The maximum atomic E-state index is 12.9. The van der Waals surface area contributed by atoms with Crippen LogP contribution in [0.5, 0.6) is 5.75 Å². The predicted octanol–water partition coefficient (Wildman–Crippen LogP) is 3.64. The van der Waals surface area contributed by atoms with Crippen LogP contribution in [0, 0.1) is 20.8 Å². The van der Waals surface area contributed by atoms with E-state index in [2.05, 4.69) is 46.9 Å². The molecular formula is C23H32N4O2. The molecule has 3 rings (SSSR count). The highest BCUT2D eigenvalue weighted by atomic mass is 16.5. The Morgan fingerprint density at radius 3 is 2.31 bits per heavy atom. The molecule has 2 heterocycles. The average molecular weight is 397 g/mol. The number of benzene rings is 1. The summed E-state index contributed by atoms with van der Waals surface area (Å²) in [5, 5.41) is 0. The summed E-state index contributed by atoms with van der Waals surface area (Å²) < 4.78 is 6.07. The molecule has 6 heteroatoms. The van der Waals surface area contributed by atoms with Crippen LogP contribution in [0.25, 0.3) is 0 Å². The molecule has 0 bridgehead atoms. The van der Waals surface area contributed by atoms with Crippen molar-refractivity contribution in [1.29, 1.82) is 0 Å². The lowest BCUT2D eigenvalue weighted by Crippen LogP contribution is -2.52. The van der Waals surface area contributed by atoms with E-state index < -0.39 is 6.10 Å². The molecular weight excluding hydrogens is 364 g/mol. The van der Waals surface area contributed by atoms with Gasteiger partial charge >= 0.3 is 0 Å². The third kappa shape index (κ3) is 5.05. The van der Waals surface area contributed by atoms with Gasteiger partial charge in [0, 0.05) is 37.9 Å². The van der Waals surface area contributed by atoms with Crippen molar-refractivity contribution < 1.29 is 9.53 Å². The fourth-order valence-electron chi connectivity index (χ4n) is 3.62. The number of carbonyl (C=O) groups is 1. The number of nitrogens with zero attached hydrogens (tertiary/aromatic N) is 4. The van der Waals surface area contributed by atoms with Crippen LogP contribution in [0.15, 0.2) is 24.3 Å². The number of amides is 1. The van der Waals surface area contributed by atoms with Crippen LogP contribution in [0.3, 0.4) is 0 Å². The molecule has 1 aromatic heterocycles. The molecule has 1 amide bonds. The molecule has 29 heavy (non-hydrogen) atoms. The van der Waals surface area contributed by atoms with Gasteiger partial charge in [0.2, 0.25) is 0 Å². The first-order chi connectivity index (χ1) is 13.7. The first kappa shape index (κ1) is 21.1. The highest BCUT2D eigenvalue weighted by molar-refractivity contribution is 5.81. The van der Waals surface area contributed by atoms with E-state index in [0.29, 0.717) is 19.0 Å². The summed E-state index contributed by atoms with van der Waals surface area (Å²) >= 11 is 0. The molecule has 2 aromatic rings. The van der Waals surface area contributed by atoms with Gasteiger partial charge in [0.25, 0.3) is 5.91 Å². The van der Waals surface area contributed by atoms with Crippen LogP contribution in [0.2, 0.25) is 0 Å². The maximum Gasteiger partial charge on any atom is 0.263 e. The number of rotatable bonds is 5. The van der Waals surface area contributed by atoms with Gasteiger partial charge in [-0.25, -0.2) is 9.97 Å². The minimum absolute atomic E-state index is 0.0362. The smallest absolute Gasteiger partial charge is 0.263 e. The van der Waals surface area contributed by atoms with Crippen molar-refractivity contribution in [2.45, 2.75) is 53.6 Å². The fourth-order valence-corrected chi connectivity index (χ4v) is 3.62. The summed E-state index contributed by atoms with van der Waals surface area (Å²) in [4.78, 5) is 25.9. The van der Waals surface area contributed by atoms with E-state index in [1.165, 1.54) is 5.56 Å². The summed E-state index contributed by atoms with van der Waals surface area (Å²) in [5.74, 6) is 2.97. The van der Waals surface area contributed by atoms with Gasteiger partial charge in [-0.2, -0.15) is 0 Å². The number of anilines is 1. The number of aromatic nitrogens is 2. The van der Waals surface area contributed by atoms with Gasteiger partial charge in [-0.3, -0.25) is 4.79 Å². The van der Waals surface area contributed by atoms with Crippen molar-refractivity contribution in [3.8, 4) is 5.75 Å². The summed E-state index contributed by atoms with van der Waals surface area (Å²) in [6, 6.07) is 8.24. The van der Waals surface area contributed by atoms with Gasteiger partial charge in [-0.1, -0.05) is 26.0 Å². The lowest BCUT2D eigenvalue weighted by Gasteiger charge is -2.36. The van der Waals surface area contributed by atoms with Crippen molar-refractivity contribution in [2.24, 2.45) is 0 Å². The molecule has 1 unspecified atom stereocenters. The summed E-state index contributed by atoms with van der Waals surface area (Å²) in [5.41, 5.74) is 3.23. The van der Waals surface area contributed by atoms with E-state index in [1.807, 2.05) is 38.7 Å². The van der Waals surface area contributed by atoms with Gasteiger partial charge < -0.3 is 14.5 Å². The first-order valence-corrected chi connectivity index (χ1v) is 10.4. The molecule has 0 N–H and O–H groups in total. The monoisotopic (exact) mass is 396 g/mol. The lowest BCUT2D eigenvalue weighted by molar-refractivity contribution is -0.138.